The van der Waals surface area contributed by atoms with E-state index in [1.54, 1.807) is 20.8 Å². The Balaban J connectivity index is 6.19. The van der Waals surface area contributed by atoms with Crippen molar-refractivity contribution in [2.45, 2.75) is 167 Å². The summed E-state index contributed by atoms with van der Waals surface area (Å²) in [5, 5.41) is 6.70. The summed E-state index contributed by atoms with van der Waals surface area (Å²) in [6.07, 6.45) is 5.71. The summed E-state index contributed by atoms with van der Waals surface area (Å²) in [5.41, 5.74) is 19.8. The lowest BCUT2D eigenvalue weighted by Gasteiger charge is -2.39. The molecule has 0 spiro atoms. The summed E-state index contributed by atoms with van der Waals surface area (Å²) >= 11 is 0. The van der Waals surface area contributed by atoms with Crippen molar-refractivity contribution in [1.82, 2.24) is 10.6 Å². The maximum absolute atomic E-state index is 14.0. The molecule has 0 heterocycles. The van der Waals surface area contributed by atoms with Gasteiger partial charge in [0.1, 0.15) is 0 Å². The van der Waals surface area contributed by atoms with Crippen molar-refractivity contribution in [3.05, 3.63) is 0 Å². The fraction of sp³-hybridized carbons (Fsp3) is 0.875. The normalized spacial score (nSPS) is 17.9. The van der Waals surface area contributed by atoms with Gasteiger partial charge in [-0.2, -0.15) is 0 Å². The first-order valence-electron chi connectivity index (χ1n) is 16.2. The lowest BCUT2D eigenvalue weighted by atomic mass is 9.78. The van der Waals surface area contributed by atoms with Gasteiger partial charge in [0, 0.05) is 0 Å². The zero-order chi connectivity index (χ0) is 32.8. The minimum atomic E-state index is -1.12. The Bertz CT molecular complexity index is 871. The zero-order valence-corrected chi connectivity index (χ0v) is 28.0. The molecule has 0 saturated heterocycles. The molecule has 0 bridgehead atoms. The largest absolute Gasteiger partial charge is 0.330 e. The molecule has 0 aliphatic rings. The van der Waals surface area contributed by atoms with Crippen LogP contribution in [0.25, 0.3) is 0 Å². The highest BCUT2D eigenvalue weighted by Gasteiger charge is 2.45. The maximum atomic E-state index is 14.0. The van der Waals surface area contributed by atoms with Crippen molar-refractivity contribution in [3.8, 4) is 0 Å². The molecule has 0 aromatic rings. The van der Waals surface area contributed by atoms with Gasteiger partial charge in [0.05, 0.1) is 40.7 Å². The highest BCUT2D eigenvalue weighted by molar-refractivity contribution is 6.07. The molecule has 0 aromatic heterocycles. The SMILES string of the molecule is CCC(C)(N)C(=O)C(CCCCN)NC(C)(CC)C(=O)CC(=O)C(CC)(CC)NC(CCCCN)C(=O)C(C)(N)CC. The predicted molar refractivity (Wildman–Crippen MR) is 172 cm³/mol. The van der Waals surface area contributed by atoms with Crippen LogP contribution in [0.1, 0.15) is 132 Å². The van der Waals surface area contributed by atoms with E-state index in [-0.39, 0.29) is 29.6 Å². The molecule has 10 heteroatoms. The predicted octanol–water partition coefficient (Wildman–Crippen LogP) is 2.81. The molecule has 246 valence electrons. The van der Waals surface area contributed by atoms with E-state index in [9.17, 15) is 19.2 Å². The van der Waals surface area contributed by atoms with Crippen LogP contribution in [0.4, 0.5) is 0 Å². The Hall–Kier alpha value is -1.56. The maximum Gasteiger partial charge on any atom is 0.169 e. The van der Waals surface area contributed by atoms with E-state index in [2.05, 4.69) is 10.6 Å². The van der Waals surface area contributed by atoms with Crippen LogP contribution < -0.4 is 33.6 Å². The van der Waals surface area contributed by atoms with Gasteiger partial charge in [-0.15, -0.1) is 0 Å². The van der Waals surface area contributed by atoms with E-state index < -0.39 is 34.2 Å². The first-order valence-corrected chi connectivity index (χ1v) is 16.2. The van der Waals surface area contributed by atoms with Crippen LogP contribution >= 0.6 is 0 Å². The van der Waals surface area contributed by atoms with Gasteiger partial charge in [-0.25, -0.2) is 0 Å². The fourth-order valence-electron chi connectivity index (χ4n) is 5.20. The third-order valence-corrected chi connectivity index (χ3v) is 9.45. The number of ketones is 4. The first kappa shape index (κ1) is 40.4. The summed E-state index contributed by atoms with van der Waals surface area (Å²) in [7, 11) is 0. The molecule has 42 heavy (non-hydrogen) atoms. The zero-order valence-electron chi connectivity index (χ0n) is 28.0. The molecule has 5 unspecified atom stereocenters. The van der Waals surface area contributed by atoms with E-state index >= 15 is 0 Å². The Kier molecular flexibility index (Phi) is 17.6. The molecule has 0 saturated carbocycles. The van der Waals surface area contributed by atoms with Crippen LogP contribution in [0, 0.1) is 0 Å². The number of carbonyl (C=O) groups is 4. The molecular formula is C32H64N6O4. The van der Waals surface area contributed by atoms with Gasteiger partial charge in [0.15, 0.2) is 23.1 Å². The highest BCUT2D eigenvalue weighted by Crippen LogP contribution is 2.26. The van der Waals surface area contributed by atoms with Crippen molar-refractivity contribution < 1.29 is 19.2 Å². The van der Waals surface area contributed by atoms with Crippen LogP contribution in [0.15, 0.2) is 0 Å². The molecule has 0 fully saturated rings. The average Bonchev–Trinajstić information content (AvgIpc) is 2.97. The van der Waals surface area contributed by atoms with E-state index in [0.29, 0.717) is 70.9 Å². The van der Waals surface area contributed by atoms with Crippen LogP contribution in [0.2, 0.25) is 0 Å². The molecule has 0 aliphatic heterocycles. The number of Topliss-reactive ketones (excluding diaryl/α,β-unsaturated/α-hetero) is 4. The second-order valence-corrected chi connectivity index (χ2v) is 12.7. The number of rotatable bonds is 25. The molecule has 0 amide bonds. The molecule has 0 aromatic carbocycles. The van der Waals surface area contributed by atoms with E-state index in [0.717, 1.165) is 12.8 Å². The summed E-state index contributed by atoms with van der Waals surface area (Å²) in [5.74, 6) is -0.863. The Morgan fingerprint density at radius 2 is 1.00 bits per heavy atom. The van der Waals surface area contributed by atoms with Crippen molar-refractivity contribution in [3.63, 3.8) is 0 Å². The topological polar surface area (TPSA) is 196 Å². The van der Waals surface area contributed by atoms with Crippen molar-refractivity contribution >= 4 is 23.1 Å². The Morgan fingerprint density at radius 3 is 1.33 bits per heavy atom. The molecule has 0 aliphatic carbocycles. The first-order chi connectivity index (χ1) is 19.5. The summed E-state index contributed by atoms with van der Waals surface area (Å²) < 4.78 is 0. The lowest BCUT2D eigenvalue weighted by Crippen LogP contribution is -2.63. The number of carbonyl (C=O) groups excluding carboxylic acids is 4. The quantitative estimate of drug-likeness (QED) is 0.0673. The van der Waals surface area contributed by atoms with Gasteiger partial charge in [-0.05, 0) is 91.6 Å². The highest BCUT2D eigenvalue weighted by atomic mass is 16.2. The van der Waals surface area contributed by atoms with E-state index in [1.165, 1.54) is 0 Å². The standard InChI is InChI=1S/C32H64N6O4/c1-9-29(6,35)27(41)23(18-14-16-20-33)37-31(8,11-3)25(39)22-26(40)32(12-4,13-5)38-24(19-15-17-21-34)28(42)30(7,36)10-2/h23-24,37-38H,9-22,33-36H2,1-8H3. The monoisotopic (exact) mass is 596 g/mol. The van der Waals surface area contributed by atoms with Crippen LogP contribution in [0.3, 0.4) is 0 Å². The van der Waals surface area contributed by atoms with Crippen molar-refractivity contribution in [2.24, 2.45) is 22.9 Å². The molecule has 0 radical (unpaired) electrons. The number of hydrogen-bond donors (Lipinski definition) is 6. The van der Waals surface area contributed by atoms with Crippen molar-refractivity contribution in [2.75, 3.05) is 13.1 Å². The molecule has 5 atom stereocenters. The van der Waals surface area contributed by atoms with Gasteiger partial charge >= 0.3 is 0 Å². The minimum Gasteiger partial charge on any atom is -0.330 e. The van der Waals surface area contributed by atoms with Crippen LogP contribution in [0.5, 0.6) is 0 Å². The summed E-state index contributed by atoms with van der Waals surface area (Å²) in [6, 6.07) is -1.28. The van der Waals surface area contributed by atoms with E-state index in [1.807, 2.05) is 34.6 Å². The van der Waals surface area contributed by atoms with Gasteiger partial charge < -0.3 is 22.9 Å². The second-order valence-electron chi connectivity index (χ2n) is 12.7. The smallest absolute Gasteiger partial charge is 0.169 e. The third-order valence-electron chi connectivity index (χ3n) is 9.45. The number of nitrogens with two attached hydrogens (primary N) is 4. The number of nitrogens with one attached hydrogen (secondary N) is 2. The number of hydrogen-bond acceptors (Lipinski definition) is 10. The Labute approximate surface area is 255 Å². The lowest BCUT2D eigenvalue weighted by molar-refractivity contribution is -0.135. The minimum absolute atomic E-state index is 0.146. The number of unbranched alkanes of at least 4 members (excludes halogenated alkanes) is 2. The summed E-state index contributed by atoms with van der Waals surface area (Å²) in [6.45, 7) is 15.6. The third kappa shape index (κ3) is 11.2. The average molecular weight is 597 g/mol. The van der Waals surface area contributed by atoms with Gasteiger partial charge in [0.25, 0.3) is 0 Å². The molecule has 10 N–H and O–H groups in total. The molecule has 10 nitrogen and oxygen atoms in total. The van der Waals surface area contributed by atoms with Crippen LogP contribution in [-0.4, -0.2) is 70.5 Å². The molecule has 0 rings (SSSR count). The summed E-state index contributed by atoms with van der Waals surface area (Å²) in [4.78, 5) is 54.7. The fourth-order valence-corrected chi connectivity index (χ4v) is 5.20. The second kappa shape index (κ2) is 18.3. The van der Waals surface area contributed by atoms with Gasteiger partial charge in [0.2, 0.25) is 0 Å². The Morgan fingerprint density at radius 1 is 0.595 bits per heavy atom. The molecular weight excluding hydrogens is 532 g/mol. The van der Waals surface area contributed by atoms with Gasteiger partial charge in [-0.1, -0.05) is 47.5 Å². The van der Waals surface area contributed by atoms with Gasteiger partial charge in [-0.3, -0.25) is 29.8 Å². The van der Waals surface area contributed by atoms with Crippen molar-refractivity contribution in [1.29, 1.82) is 0 Å². The van der Waals surface area contributed by atoms with E-state index in [4.69, 9.17) is 22.9 Å². The van der Waals surface area contributed by atoms with Crippen LogP contribution in [-0.2, 0) is 19.2 Å².